The molecule has 7 heteroatoms. The average Bonchev–Trinajstić information content (AvgIpc) is 3.13. The molecule has 0 saturated heterocycles. The second-order valence-corrected chi connectivity index (χ2v) is 7.66. The number of thiophene rings is 1. The van der Waals surface area contributed by atoms with E-state index in [0.29, 0.717) is 16.3 Å². The number of primary amides is 1. The number of ether oxygens (including phenoxy) is 1. The van der Waals surface area contributed by atoms with Crippen molar-refractivity contribution in [2.45, 2.75) is 19.3 Å². The number of methoxy groups -OCH3 is 1. The Bertz CT molecular complexity index is 873. The summed E-state index contributed by atoms with van der Waals surface area (Å²) in [5.74, 6) is -0.142. The molecule has 3 rings (SSSR count). The quantitative estimate of drug-likeness (QED) is 0.722. The molecule has 1 aliphatic carbocycles. The van der Waals surface area contributed by atoms with Gasteiger partial charge in [-0.3, -0.25) is 9.59 Å². The molecule has 0 unspecified atom stereocenters. The SMILES string of the molecule is COc1ccc(Br)cc1/C=C/C(=O)Nc1sc2c(c1C(N)=O)CCC2. The summed E-state index contributed by atoms with van der Waals surface area (Å²) in [6, 6.07) is 5.54. The van der Waals surface area contributed by atoms with Crippen molar-refractivity contribution in [3.8, 4) is 5.75 Å². The first-order chi connectivity index (χ1) is 12.0. The number of nitrogens with two attached hydrogens (primary N) is 1. The van der Waals surface area contributed by atoms with E-state index in [4.69, 9.17) is 10.5 Å². The Labute approximate surface area is 158 Å². The van der Waals surface area contributed by atoms with Crippen LogP contribution in [-0.4, -0.2) is 18.9 Å². The van der Waals surface area contributed by atoms with Gasteiger partial charge in [0.1, 0.15) is 10.8 Å². The van der Waals surface area contributed by atoms with E-state index in [1.165, 1.54) is 17.4 Å². The van der Waals surface area contributed by atoms with E-state index in [0.717, 1.165) is 39.7 Å². The number of halogens is 1. The molecule has 0 saturated carbocycles. The topological polar surface area (TPSA) is 81.4 Å². The Morgan fingerprint density at radius 1 is 1.36 bits per heavy atom. The van der Waals surface area contributed by atoms with Crippen LogP contribution in [0.3, 0.4) is 0 Å². The molecule has 130 valence electrons. The van der Waals surface area contributed by atoms with Gasteiger partial charge in [-0.25, -0.2) is 0 Å². The molecule has 1 aromatic heterocycles. The number of carbonyl (C=O) groups is 2. The van der Waals surface area contributed by atoms with E-state index in [-0.39, 0.29) is 5.91 Å². The number of hydrogen-bond acceptors (Lipinski definition) is 4. The fourth-order valence-corrected chi connectivity index (χ4v) is 4.58. The Morgan fingerprint density at radius 3 is 2.88 bits per heavy atom. The number of fused-ring (bicyclic) bond motifs is 1. The molecule has 1 aromatic carbocycles. The number of benzene rings is 1. The average molecular weight is 421 g/mol. The molecule has 1 aliphatic rings. The summed E-state index contributed by atoms with van der Waals surface area (Å²) in [7, 11) is 1.58. The second kappa shape index (κ2) is 7.41. The maximum Gasteiger partial charge on any atom is 0.251 e. The summed E-state index contributed by atoms with van der Waals surface area (Å²) in [5.41, 5.74) is 7.73. The van der Waals surface area contributed by atoms with Crippen LogP contribution in [0.5, 0.6) is 5.75 Å². The lowest BCUT2D eigenvalue weighted by Gasteiger charge is -2.05. The van der Waals surface area contributed by atoms with Crippen molar-refractivity contribution in [3.63, 3.8) is 0 Å². The molecule has 2 amide bonds. The summed E-state index contributed by atoms with van der Waals surface area (Å²) in [6.07, 6.45) is 5.88. The summed E-state index contributed by atoms with van der Waals surface area (Å²) in [6.45, 7) is 0. The van der Waals surface area contributed by atoms with Crippen LogP contribution in [0.1, 0.15) is 32.8 Å². The van der Waals surface area contributed by atoms with Crippen LogP contribution >= 0.6 is 27.3 Å². The smallest absolute Gasteiger partial charge is 0.251 e. The Kier molecular flexibility index (Phi) is 5.24. The summed E-state index contributed by atoms with van der Waals surface area (Å²) < 4.78 is 6.17. The highest BCUT2D eigenvalue weighted by Gasteiger charge is 2.25. The standard InChI is InChI=1S/C18H17BrN2O3S/c1-24-13-7-6-11(19)9-10(13)5-8-15(22)21-18-16(17(20)23)12-3-2-4-14(12)25-18/h5-9H,2-4H2,1H3,(H2,20,23)(H,21,22)/b8-5+. The van der Waals surface area contributed by atoms with E-state index in [2.05, 4.69) is 21.2 Å². The summed E-state index contributed by atoms with van der Waals surface area (Å²) >= 11 is 4.84. The van der Waals surface area contributed by atoms with E-state index in [9.17, 15) is 9.59 Å². The van der Waals surface area contributed by atoms with Crippen LogP contribution < -0.4 is 15.8 Å². The van der Waals surface area contributed by atoms with Crippen molar-refractivity contribution >= 4 is 50.2 Å². The highest BCUT2D eigenvalue weighted by atomic mass is 79.9. The van der Waals surface area contributed by atoms with Crippen molar-refractivity contribution in [1.82, 2.24) is 0 Å². The molecule has 25 heavy (non-hydrogen) atoms. The highest BCUT2D eigenvalue weighted by molar-refractivity contribution is 9.10. The normalized spacial score (nSPS) is 13.0. The fourth-order valence-electron chi connectivity index (χ4n) is 2.91. The lowest BCUT2D eigenvalue weighted by molar-refractivity contribution is -0.111. The molecule has 3 N–H and O–H groups in total. The third-order valence-corrected chi connectivity index (χ3v) is 5.71. The van der Waals surface area contributed by atoms with Gasteiger partial charge in [-0.2, -0.15) is 0 Å². The first-order valence-electron chi connectivity index (χ1n) is 7.76. The molecule has 0 aliphatic heterocycles. The van der Waals surface area contributed by atoms with Crippen molar-refractivity contribution < 1.29 is 14.3 Å². The van der Waals surface area contributed by atoms with Crippen LogP contribution in [0.25, 0.3) is 6.08 Å². The van der Waals surface area contributed by atoms with Gasteiger partial charge in [0.25, 0.3) is 5.91 Å². The monoisotopic (exact) mass is 420 g/mol. The van der Waals surface area contributed by atoms with Crippen LogP contribution in [0.15, 0.2) is 28.7 Å². The lowest BCUT2D eigenvalue weighted by Crippen LogP contribution is -2.16. The number of carbonyl (C=O) groups excluding carboxylic acids is 2. The molecule has 5 nitrogen and oxygen atoms in total. The molecule has 0 fully saturated rings. The van der Waals surface area contributed by atoms with E-state index in [1.54, 1.807) is 13.2 Å². The lowest BCUT2D eigenvalue weighted by atomic mass is 10.1. The van der Waals surface area contributed by atoms with Gasteiger partial charge in [-0.05, 0) is 49.1 Å². The molecule has 0 radical (unpaired) electrons. The molecular weight excluding hydrogens is 404 g/mol. The minimum Gasteiger partial charge on any atom is -0.496 e. The number of nitrogens with one attached hydrogen (secondary N) is 1. The number of anilines is 1. The van der Waals surface area contributed by atoms with Gasteiger partial charge in [0.15, 0.2) is 0 Å². The molecular formula is C18H17BrN2O3S. The fraction of sp³-hybridized carbons (Fsp3) is 0.222. The van der Waals surface area contributed by atoms with Gasteiger partial charge in [0.2, 0.25) is 5.91 Å². The summed E-state index contributed by atoms with van der Waals surface area (Å²) in [5, 5.41) is 3.32. The van der Waals surface area contributed by atoms with E-state index < -0.39 is 5.91 Å². The predicted octanol–water partition coefficient (Wildman–Crippen LogP) is 3.76. The molecule has 0 spiro atoms. The molecule has 0 bridgehead atoms. The largest absolute Gasteiger partial charge is 0.496 e. The zero-order valence-electron chi connectivity index (χ0n) is 13.6. The van der Waals surface area contributed by atoms with Crippen molar-refractivity contribution in [2.75, 3.05) is 12.4 Å². The van der Waals surface area contributed by atoms with Gasteiger partial charge in [0.05, 0.1) is 12.7 Å². The van der Waals surface area contributed by atoms with Gasteiger partial charge in [0, 0.05) is 21.0 Å². The van der Waals surface area contributed by atoms with Crippen molar-refractivity contribution in [2.24, 2.45) is 5.73 Å². The first kappa shape index (κ1) is 17.7. The third kappa shape index (κ3) is 3.77. The Balaban J connectivity index is 1.80. The minimum absolute atomic E-state index is 0.315. The van der Waals surface area contributed by atoms with Crippen molar-refractivity contribution in [3.05, 3.63) is 50.3 Å². The van der Waals surface area contributed by atoms with E-state index in [1.807, 2.05) is 18.2 Å². The number of amides is 2. The summed E-state index contributed by atoms with van der Waals surface area (Å²) in [4.78, 5) is 25.2. The van der Waals surface area contributed by atoms with E-state index >= 15 is 0 Å². The van der Waals surface area contributed by atoms with Gasteiger partial charge in [-0.15, -0.1) is 11.3 Å². The highest BCUT2D eigenvalue weighted by Crippen LogP contribution is 2.38. The third-order valence-electron chi connectivity index (χ3n) is 4.01. The number of rotatable bonds is 5. The van der Waals surface area contributed by atoms with Crippen LogP contribution in [-0.2, 0) is 17.6 Å². The Morgan fingerprint density at radius 2 is 2.16 bits per heavy atom. The van der Waals surface area contributed by atoms with Crippen LogP contribution in [0.4, 0.5) is 5.00 Å². The predicted molar refractivity (Wildman–Crippen MR) is 103 cm³/mol. The maximum atomic E-state index is 12.3. The molecule has 0 atom stereocenters. The van der Waals surface area contributed by atoms with Crippen LogP contribution in [0, 0.1) is 0 Å². The first-order valence-corrected chi connectivity index (χ1v) is 9.37. The van der Waals surface area contributed by atoms with Gasteiger partial charge >= 0.3 is 0 Å². The van der Waals surface area contributed by atoms with Gasteiger partial charge in [-0.1, -0.05) is 15.9 Å². The Hall–Kier alpha value is -2.12. The van der Waals surface area contributed by atoms with Crippen molar-refractivity contribution in [1.29, 1.82) is 0 Å². The van der Waals surface area contributed by atoms with Gasteiger partial charge < -0.3 is 15.8 Å². The zero-order valence-corrected chi connectivity index (χ0v) is 16.0. The number of aryl methyl sites for hydroxylation is 1. The molecule has 2 aromatic rings. The second-order valence-electron chi connectivity index (χ2n) is 5.63. The minimum atomic E-state index is -0.493. The molecule has 1 heterocycles. The maximum absolute atomic E-state index is 12.3. The number of hydrogen-bond donors (Lipinski definition) is 2. The van der Waals surface area contributed by atoms with Crippen LogP contribution in [0.2, 0.25) is 0 Å². The zero-order chi connectivity index (χ0) is 18.0.